The third-order valence-electron chi connectivity index (χ3n) is 2.84. The maximum atomic E-state index is 11.9. The molecule has 0 heterocycles. The fraction of sp³-hybridized carbons (Fsp3) is 0.125. The van der Waals surface area contributed by atoms with Crippen LogP contribution in [0.1, 0.15) is 17.3 Å². The number of rotatable bonds is 3. The molecule has 0 fully saturated rings. The molecule has 0 radical (unpaired) electrons. The summed E-state index contributed by atoms with van der Waals surface area (Å²) in [7, 11) is 1.34. The van der Waals surface area contributed by atoms with Gasteiger partial charge < -0.3 is 10.1 Å². The molecule has 0 spiro atoms. The highest BCUT2D eigenvalue weighted by Gasteiger charge is 2.17. The van der Waals surface area contributed by atoms with Crippen LogP contribution in [0.15, 0.2) is 48.5 Å². The van der Waals surface area contributed by atoms with Gasteiger partial charge in [-0.2, -0.15) is 0 Å². The molecular weight excluding hydrogens is 254 g/mol. The van der Waals surface area contributed by atoms with E-state index in [1.807, 2.05) is 30.3 Å². The SMILES string of the molecule is COC(=O)c1cccc(NC(C)=O)c1-c1ccccc1. The largest absolute Gasteiger partial charge is 0.465 e. The average Bonchev–Trinajstić information content (AvgIpc) is 2.46. The molecule has 0 aliphatic carbocycles. The molecule has 2 aromatic carbocycles. The molecule has 1 N–H and O–H groups in total. The van der Waals surface area contributed by atoms with Crippen LogP contribution in [0, 0.1) is 0 Å². The van der Waals surface area contributed by atoms with Gasteiger partial charge in [0, 0.05) is 18.2 Å². The summed E-state index contributed by atoms with van der Waals surface area (Å²) < 4.78 is 4.81. The Morgan fingerprint density at radius 2 is 1.70 bits per heavy atom. The first-order valence-corrected chi connectivity index (χ1v) is 6.18. The summed E-state index contributed by atoms with van der Waals surface area (Å²) in [4.78, 5) is 23.2. The van der Waals surface area contributed by atoms with E-state index in [9.17, 15) is 9.59 Å². The Morgan fingerprint density at radius 3 is 2.30 bits per heavy atom. The van der Waals surface area contributed by atoms with E-state index in [2.05, 4.69) is 5.32 Å². The lowest BCUT2D eigenvalue weighted by atomic mass is 9.97. The molecule has 102 valence electrons. The molecule has 0 unspecified atom stereocenters. The summed E-state index contributed by atoms with van der Waals surface area (Å²) in [6.45, 7) is 1.43. The first-order chi connectivity index (χ1) is 9.63. The normalized spacial score (nSPS) is 9.90. The average molecular weight is 269 g/mol. The summed E-state index contributed by atoms with van der Waals surface area (Å²) >= 11 is 0. The standard InChI is InChI=1S/C16H15NO3/c1-11(18)17-14-10-6-9-13(16(19)20-2)15(14)12-7-4-3-5-8-12/h3-10H,1-2H3,(H,17,18). The first kappa shape index (κ1) is 13.8. The minimum atomic E-state index is -0.434. The van der Waals surface area contributed by atoms with Gasteiger partial charge in [-0.3, -0.25) is 4.79 Å². The number of amides is 1. The summed E-state index contributed by atoms with van der Waals surface area (Å²) in [5, 5.41) is 2.74. The van der Waals surface area contributed by atoms with Gasteiger partial charge >= 0.3 is 5.97 Å². The van der Waals surface area contributed by atoms with Gasteiger partial charge in [-0.1, -0.05) is 36.4 Å². The van der Waals surface area contributed by atoms with Gasteiger partial charge in [0.15, 0.2) is 0 Å². The van der Waals surface area contributed by atoms with Crippen molar-refractivity contribution in [1.29, 1.82) is 0 Å². The molecule has 0 aliphatic rings. The van der Waals surface area contributed by atoms with Crippen molar-refractivity contribution in [3.8, 4) is 11.1 Å². The Balaban J connectivity index is 2.65. The predicted octanol–water partition coefficient (Wildman–Crippen LogP) is 3.10. The second-order valence-electron chi connectivity index (χ2n) is 4.27. The van der Waals surface area contributed by atoms with Crippen molar-refractivity contribution < 1.29 is 14.3 Å². The van der Waals surface area contributed by atoms with E-state index in [4.69, 9.17) is 4.74 Å². The molecule has 0 bridgehead atoms. The van der Waals surface area contributed by atoms with Crippen molar-refractivity contribution in [2.45, 2.75) is 6.92 Å². The molecule has 0 aromatic heterocycles. The minimum absolute atomic E-state index is 0.191. The summed E-state index contributed by atoms with van der Waals surface area (Å²) in [5.41, 5.74) is 2.52. The van der Waals surface area contributed by atoms with Crippen molar-refractivity contribution in [3.63, 3.8) is 0 Å². The Labute approximate surface area is 117 Å². The highest BCUT2D eigenvalue weighted by Crippen LogP contribution is 2.32. The van der Waals surface area contributed by atoms with Gasteiger partial charge in [-0.25, -0.2) is 4.79 Å². The first-order valence-electron chi connectivity index (χ1n) is 6.18. The maximum absolute atomic E-state index is 11.9. The van der Waals surface area contributed by atoms with Gasteiger partial charge in [-0.05, 0) is 17.7 Å². The van der Waals surface area contributed by atoms with Gasteiger partial charge in [0.2, 0.25) is 5.91 Å². The minimum Gasteiger partial charge on any atom is -0.465 e. The quantitative estimate of drug-likeness (QED) is 0.871. The van der Waals surface area contributed by atoms with Crippen LogP contribution in [-0.2, 0) is 9.53 Å². The molecule has 0 atom stereocenters. The van der Waals surface area contributed by atoms with E-state index in [-0.39, 0.29) is 5.91 Å². The van der Waals surface area contributed by atoms with Gasteiger partial charge in [0.05, 0.1) is 12.7 Å². The highest BCUT2D eigenvalue weighted by atomic mass is 16.5. The lowest BCUT2D eigenvalue weighted by molar-refractivity contribution is -0.114. The number of benzene rings is 2. The number of ether oxygens (including phenoxy) is 1. The van der Waals surface area contributed by atoms with E-state index in [0.717, 1.165) is 5.56 Å². The van der Waals surface area contributed by atoms with Crippen LogP contribution in [-0.4, -0.2) is 19.0 Å². The van der Waals surface area contributed by atoms with Crippen molar-refractivity contribution in [3.05, 3.63) is 54.1 Å². The molecule has 0 saturated heterocycles. The van der Waals surface area contributed by atoms with Crippen LogP contribution >= 0.6 is 0 Å². The van der Waals surface area contributed by atoms with E-state index in [0.29, 0.717) is 16.8 Å². The molecule has 0 saturated carbocycles. The summed E-state index contributed by atoms with van der Waals surface area (Å²) in [6, 6.07) is 14.6. The topological polar surface area (TPSA) is 55.4 Å². The number of methoxy groups -OCH3 is 1. The molecular formula is C16H15NO3. The van der Waals surface area contributed by atoms with Crippen molar-refractivity contribution in [2.75, 3.05) is 12.4 Å². The van der Waals surface area contributed by atoms with E-state index in [1.165, 1.54) is 14.0 Å². The number of hydrogen-bond acceptors (Lipinski definition) is 3. The molecule has 2 rings (SSSR count). The van der Waals surface area contributed by atoms with Crippen LogP contribution in [0.3, 0.4) is 0 Å². The monoisotopic (exact) mass is 269 g/mol. The fourth-order valence-corrected chi connectivity index (χ4v) is 2.04. The van der Waals surface area contributed by atoms with Crippen LogP contribution in [0.5, 0.6) is 0 Å². The molecule has 0 aliphatic heterocycles. The van der Waals surface area contributed by atoms with E-state index < -0.39 is 5.97 Å². The molecule has 1 amide bonds. The molecule has 20 heavy (non-hydrogen) atoms. The number of nitrogens with one attached hydrogen (secondary N) is 1. The summed E-state index contributed by atoms with van der Waals surface area (Å²) in [5.74, 6) is -0.625. The molecule has 2 aromatic rings. The van der Waals surface area contributed by atoms with Crippen LogP contribution in [0.25, 0.3) is 11.1 Å². The highest BCUT2D eigenvalue weighted by molar-refractivity contribution is 6.04. The van der Waals surface area contributed by atoms with Gasteiger partial charge in [0.25, 0.3) is 0 Å². The van der Waals surface area contributed by atoms with E-state index in [1.54, 1.807) is 18.2 Å². The predicted molar refractivity (Wildman–Crippen MR) is 77.5 cm³/mol. The van der Waals surface area contributed by atoms with Crippen LogP contribution < -0.4 is 5.32 Å². The number of esters is 1. The molecule has 4 heteroatoms. The van der Waals surface area contributed by atoms with Crippen molar-refractivity contribution in [1.82, 2.24) is 0 Å². The van der Waals surface area contributed by atoms with Gasteiger partial charge in [0.1, 0.15) is 0 Å². The van der Waals surface area contributed by atoms with Crippen molar-refractivity contribution >= 4 is 17.6 Å². The fourth-order valence-electron chi connectivity index (χ4n) is 2.04. The third-order valence-corrected chi connectivity index (χ3v) is 2.84. The van der Waals surface area contributed by atoms with Crippen molar-refractivity contribution in [2.24, 2.45) is 0 Å². The number of hydrogen-bond donors (Lipinski definition) is 1. The Hall–Kier alpha value is -2.62. The lowest BCUT2D eigenvalue weighted by Gasteiger charge is -2.14. The second-order valence-corrected chi connectivity index (χ2v) is 4.27. The third kappa shape index (κ3) is 2.85. The van der Waals surface area contributed by atoms with Gasteiger partial charge in [-0.15, -0.1) is 0 Å². The zero-order valence-electron chi connectivity index (χ0n) is 11.3. The number of anilines is 1. The lowest BCUT2D eigenvalue weighted by Crippen LogP contribution is -2.10. The smallest absolute Gasteiger partial charge is 0.338 e. The number of carbonyl (C=O) groups is 2. The number of carbonyl (C=O) groups excluding carboxylic acids is 2. The zero-order valence-corrected chi connectivity index (χ0v) is 11.3. The van der Waals surface area contributed by atoms with Crippen LogP contribution in [0.4, 0.5) is 5.69 Å². The zero-order chi connectivity index (χ0) is 14.5. The molecule has 4 nitrogen and oxygen atoms in total. The Kier molecular flexibility index (Phi) is 4.15. The maximum Gasteiger partial charge on any atom is 0.338 e. The summed E-state index contributed by atoms with van der Waals surface area (Å²) in [6.07, 6.45) is 0. The van der Waals surface area contributed by atoms with Crippen LogP contribution in [0.2, 0.25) is 0 Å². The Morgan fingerprint density at radius 1 is 1.00 bits per heavy atom. The second kappa shape index (κ2) is 6.02. The Bertz CT molecular complexity index is 635. The van der Waals surface area contributed by atoms with E-state index >= 15 is 0 Å².